The summed E-state index contributed by atoms with van der Waals surface area (Å²) in [5.41, 5.74) is 0. The smallest absolute Gasteiger partial charge is 0.407 e. The van der Waals surface area contributed by atoms with E-state index in [1.54, 1.807) is 0 Å². The molecule has 6 heteroatoms. The molecular formula is C9H22Cl2N2O2. The van der Waals surface area contributed by atoms with E-state index < -0.39 is 0 Å². The summed E-state index contributed by atoms with van der Waals surface area (Å²) < 4.78 is 4.88. The summed E-state index contributed by atoms with van der Waals surface area (Å²) in [6, 6.07) is 0. The van der Waals surface area contributed by atoms with Crippen molar-refractivity contribution in [2.75, 3.05) is 26.2 Å². The number of hydrogen-bond acceptors (Lipinski definition) is 3. The molecule has 0 unspecified atom stereocenters. The fourth-order valence-electron chi connectivity index (χ4n) is 0.811. The lowest BCUT2D eigenvalue weighted by Crippen LogP contribution is -2.28. The average Bonchev–Trinajstić information content (AvgIpc) is 2.13. The van der Waals surface area contributed by atoms with Gasteiger partial charge in [-0.05, 0) is 13.0 Å². The van der Waals surface area contributed by atoms with E-state index in [4.69, 9.17) is 4.74 Å². The van der Waals surface area contributed by atoms with Crippen LogP contribution in [0.5, 0.6) is 0 Å². The van der Waals surface area contributed by atoms with Crippen molar-refractivity contribution in [2.45, 2.75) is 26.7 Å². The van der Waals surface area contributed by atoms with Crippen molar-refractivity contribution in [3.05, 3.63) is 0 Å². The molecule has 0 rings (SSSR count). The van der Waals surface area contributed by atoms with E-state index in [0.717, 1.165) is 25.9 Å². The van der Waals surface area contributed by atoms with E-state index in [0.29, 0.717) is 13.2 Å². The summed E-state index contributed by atoms with van der Waals surface area (Å²) in [5.74, 6) is 0. The number of hydrogen-bond donors (Lipinski definition) is 2. The Balaban J connectivity index is -0.000000720. The van der Waals surface area contributed by atoms with Gasteiger partial charge in [0.15, 0.2) is 0 Å². The minimum Gasteiger partial charge on any atom is -0.448 e. The Morgan fingerprint density at radius 2 is 1.87 bits per heavy atom. The molecule has 0 aromatic rings. The van der Waals surface area contributed by atoms with Crippen LogP contribution in [0, 0.1) is 0 Å². The molecule has 0 fully saturated rings. The number of nitrogens with one attached hydrogen (secondary N) is 2. The van der Waals surface area contributed by atoms with Gasteiger partial charge >= 0.3 is 6.09 Å². The number of ether oxygens (including phenoxy) is 1. The zero-order chi connectivity index (χ0) is 9.94. The number of halogens is 2. The van der Waals surface area contributed by atoms with Crippen LogP contribution in [-0.2, 0) is 4.74 Å². The lowest BCUT2D eigenvalue weighted by molar-refractivity contribution is 0.147. The number of carbonyl (C=O) groups excluding carboxylic acids is 1. The van der Waals surface area contributed by atoms with Crippen LogP contribution >= 0.6 is 24.8 Å². The average molecular weight is 261 g/mol. The van der Waals surface area contributed by atoms with Gasteiger partial charge < -0.3 is 15.4 Å². The van der Waals surface area contributed by atoms with Gasteiger partial charge in [-0.2, -0.15) is 0 Å². The molecule has 1 amide bonds. The number of amides is 1. The molecule has 0 saturated heterocycles. The summed E-state index contributed by atoms with van der Waals surface area (Å²) in [4.78, 5) is 10.9. The summed E-state index contributed by atoms with van der Waals surface area (Å²) in [6.45, 7) is 6.86. The quantitative estimate of drug-likeness (QED) is 0.689. The predicted octanol–water partition coefficient (Wildman–Crippen LogP) is 1.97. The van der Waals surface area contributed by atoms with Gasteiger partial charge in [0.2, 0.25) is 0 Å². The van der Waals surface area contributed by atoms with Crippen molar-refractivity contribution < 1.29 is 9.53 Å². The van der Waals surface area contributed by atoms with Crippen molar-refractivity contribution in [1.29, 1.82) is 0 Å². The normalized spacial score (nSPS) is 8.40. The predicted molar refractivity (Wildman–Crippen MR) is 67.3 cm³/mol. The molecule has 0 atom stereocenters. The maximum Gasteiger partial charge on any atom is 0.407 e. The van der Waals surface area contributed by atoms with Crippen LogP contribution < -0.4 is 10.6 Å². The standard InChI is InChI=1S/C9H20N2O2.2ClH/c1-3-5-6-11-9(12)13-8-7-10-4-2;;/h10H,3-8H2,1-2H3,(H,11,12);2*1H. The van der Waals surface area contributed by atoms with Crippen LogP contribution in [-0.4, -0.2) is 32.3 Å². The molecule has 0 aromatic heterocycles. The Kier molecular flexibility index (Phi) is 21.9. The lowest BCUT2D eigenvalue weighted by atomic mass is 10.3. The first-order chi connectivity index (χ1) is 6.31. The van der Waals surface area contributed by atoms with Crippen LogP contribution in [0.4, 0.5) is 4.79 Å². The molecule has 0 heterocycles. The van der Waals surface area contributed by atoms with Gasteiger partial charge in [-0.25, -0.2) is 4.79 Å². The maximum absolute atomic E-state index is 10.9. The number of carbonyl (C=O) groups is 1. The van der Waals surface area contributed by atoms with Gasteiger partial charge in [-0.1, -0.05) is 20.3 Å². The van der Waals surface area contributed by atoms with Gasteiger partial charge in [-0.15, -0.1) is 24.8 Å². The summed E-state index contributed by atoms with van der Waals surface area (Å²) in [6.07, 6.45) is 1.77. The molecule has 0 spiro atoms. The third-order valence-corrected chi connectivity index (χ3v) is 1.56. The highest BCUT2D eigenvalue weighted by molar-refractivity contribution is 5.85. The molecule has 94 valence electrons. The van der Waals surface area contributed by atoms with E-state index in [1.807, 2.05) is 6.92 Å². The molecule has 0 aromatic carbocycles. The topological polar surface area (TPSA) is 50.4 Å². The Bertz CT molecular complexity index is 137. The molecule has 0 radical (unpaired) electrons. The highest BCUT2D eigenvalue weighted by Crippen LogP contribution is 1.83. The van der Waals surface area contributed by atoms with Crippen LogP contribution in [0.2, 0.25) is 0 Å². The minimum atomic E-state index is -0.314. The van der Waals surface area contributed by atoms with Gasteiger partial charge in [-0.3, -0.25) is 0 Å². The van der Waals surface area contributed by atoms with Crippen molar-refractivity contribution in [1.82, 2.24) is 10.6 Å². The number of alkyl carbamates (subject to hydrolysis) is 1. The number of unbranched alkanes of at least 4 members (excludes halogenated alkanes) is 1. The molecule has 0 aliphatic heterocycles. The molecule has 0 bridgehead atoms. The van der Waals surface area contributed by atoms with Crippen molar-refractivity contribution in [3.63, 3.8) is 0 Å². The molecular weight excluding hydrogens is 239 g/mol. The van der Waals surface area contributed by atoms with E-state index in [1.165, 1.54) is 0 Å². The lowest BCUT2D eigenvalue weighted by Gasteiger charge is -2.06. The largest absolute Gasteiger partial charge is 0.448 e. The van der Waals surface area contributed by atoms with Crippen LogP contribution in [0.1, 0.15) is 26.7 Å². The molecule has 4 nitrogen and oxygen atoms in total. The Labute approximate surface area is 104 Å². The van der Waals surface area contributed by atoms with Crippen LogP contribution in [0.15, 0.2) is 0 Å². The Morgan fingerprint density at radius 3 is 2.40 bits per heavy atom. The first kappa shape index (κ1) is 20.3. The van der Waals surface area contributed by atoms with E-state index >= 15 is 0 Å². The Morgan fingerprint density at radius 1 is 1.20 bits per heavy atom. The van der Waals surface area contributed by atoms with Crippen LogP contribution in [0.3, 0.4) is 0 Å². The number of rotatable bonds is 7. The second-order valence-electron chi connectivity index (χ2n) is 2.77. The summed E-state index contributed by atoms with van der Waals surface area (Å²) in [5, 5.41) is 5.74. The van der Waals surface area contributed by atoms with Gasteiger partial charge in [0.25, 0.3) is 0 Å². The SMILES string of the molecule is CCCCNC(=O)OCCNCC.Cl.Cl. The molecule has 0 aliphatic rings. The fraction of sp³-hybridized carbons (Fsp3) is 0.889. The van der Waals surface area contributed by atoms with Gasteiger partial charge in [0.05, 0.1) is 0 Å². The first-order valence-corrected chi connectivity index (χ1v) is 4.92. The Hall–Kier alpha value is -0.190. The maximum atomic E-state index is 10.9. The van der Waals surface area contributed by atoms with E-state index in [9.17, 15) is 4.79 Å². The molecule has 2 N–H and O–H groups in total. The molecule has 15 heavy (non-hydrogen) atoms. The zero-order valence-corrected chi connectivity index (χ0v) is 11.0. The molecule has 0 saturated carbocycles. The van der Waals surface area contributed by atoms with Gasteiger partial charge in [0, 0.05) is 13.1 Å². The zero-order valence-electron chi connectivity index (χ0n) is 9.38. The van der Waals surface area contributed by atoms with Gasteiger partial charge in [0.1, 0.15) is 6.61 Å². The summed E-state index contributed by atoms with van der Waals surface area (Å²) in [7, 11) is 0. The number of likely N-dealkylation sites (N-methyl/N-ethyl adjacent to an activating group) is 1. The summed E-state index contributed by atoms with van der Waals surface area (Å²) >= 11 is 0. The first-order valence-electron chi connectivity index (χ1n) is 4.92. The third kappa shape index (κ3) is 16.5. The van der Waals surface area contributed by atoms with Crippen LogP contribution in [0.25, 0.3) is 0 Å². The van der Waals surface area contributed by atoms with Crippen molar-refractivity contribution >= 4 is 30.9 Å². The minimum absolute atomic E-state index is 0. The fourth-order valence-corrected chi connectivity index (χ4v) is 0.811. The highest BCUT2D eigenvalue weighted by atomic mass is 35.5. The monoisotopic (exact) mass is 260 g/mol. The second-order valence-corrected chi connectivity index (χ2v) is 2.77. The second kappa shape index (κ2) is 16.2. The van der Waals surface area contributed by atoms with E-state index in [2.05, 4.69) is 17.6 Å². The highest BCUT2D eigenvalue weighted by Gasteiger charge is 1.98. The molecule has 0 aliphatic carbocycles. The van der Waals surface area contributed by atoms with Crippen molar-refractivity contribution in [3.8, 4) is 0 Å². The third-order valence-electron chi connectivity index (χ3n) is 1.56. The van der Waals surface area contributed by atoms with E-state index in [-0.39, 0.29) is 30.9 Å². The van der Waals surface area contributed by atoms with Crippen molar-refractivity contribution in [2.24, 2.45) is 0 Å².